The number of rotatable bonds is 0. The summed E-state index contributed by atoms with van der Waals surface area (Å²) in [6.45, 7) is 0. The maximum Gasteiger partial charge on any atom is 0.187 e. The van der Waals surface area contributed by atoms with E-state index in [0.717, 1.165) is 24.3 Å². The lowest BCUT2D eigenvalue weighted by molar-refractivity contribution is 0.396. The van der Waals surface area contributed by atoms with E-state index in [9.17, 15) is 17.6 Å². The van der Waals surface area contributed by atoms with Crippen molar-refractivity contribution in [1.82, 2.24) is 0 Å². The molecule has 0 atom stereocenters. The van der Waals surface area contributed by atoms with E-state index in [-0.39, 0.29) is 4.47 Å². The van der Waals surface area contributed by atoms with Crippen molar-refractivity contribution >= 4 is 15.9 Å². The minimum absolute atomic E-state index is 0.264. The molecule has 2 aromatic carbocycles. The normalized spacial score (nSPS) is 9.74. The van der Waals surface area contributed by atoms with E-state index >= 15 is 0 Å². The molecule has 0 saturated heterocycles. The number of hydrogen-bond donors (Lipinski definition) is 2. The molecule has 2 aromatic rings. The van der Waals surface area contributed by atoms with Gasteiger partial charge < -0.3 is 10.2 Å². The van der Waals surface area contributed by atoms with Gasteiger partial charge in [-0.25, -0.2) is 17.6 Å². The smallest absolute Gasteiger partial charge is 0.187 e. The van der Waals surface area contributed by atoms with Crippen LogP contribution >= 0.6 is 15.9 Å². The third-order valence-corrected chi connectivity index (χ3v) is 2.38. The molecular formula is C12H7BrF4O2. The van der Waals surface area contributed by atoms with Gasteiger partial charge >= 0.3 is 0 Å². The fraction of sp³-hybridized carbons (Fsp3) is 0. The topological polar surface area (TPSA) is 40.5 Å². The summed E-state index contributed by atoms with van der Waals surface area (Å²) in [7, 11) is 0. The van der Waals surface area contributed by atoms with Gasteiger partial charge in [0.05, 0.1) is 0 Å². The summed E-state index contributed by atoms with van der Waals surface area (Å²) in [6, 6.07) is 5.12. The van der Waals surface area contributed by atoms with Gasteiger partial charge in [0.25, 0.3) is 0 Å². The van der Waals surface area contributed by atoms with Crippen LogP contribution in [-0.4, -0.2) is 10.2 Å². The number of aromatic hydroxyl groups is 2. The van der Waals surface area contributed by atoms with Crippen LogP contribution in [0.15, 0.2) is 34.8 Å². The quantitative estimate of drug-likeness (QED) is 0.710. The molecule has 2 nitrogen and oxygen atoms in total. The Labute approximate surface area is 114 Å². The molecule has 0 fully saturated rings. The van der Waals surface area contributed by atoms with Crippen molar-refractivity contribution < 1.29 is 27.8 Å². The number of benzene rings is 2. The Kier molecular flexibility index (Phi) is 5.17. The highest BCUT2D eigenvalue weighted by atomic mass is 79.9. The molecule has 0 aliphatic rings. The van der Waals surface area contributed by atoms with Crippen LogP contribution in [0.5, 0.6) is 11.5 Å². The number of halogens is 5. The zero-order chi connectivity index (χ0) is 14.6. The molecule has 0 aliphatic heterocycles. The van der Waals surface area contributed by atoms with E-state index in [4.69, 9.17) is 10.2 Å². The molecule has 2 N–H and O–H groups in total. The van der Waals surface area contributed by atoms with Crippen molar-refractivity contribution in [3.05, 3.63) is 58.1 Å². The first-order chi connectivity index (χ1) is 8.82. The molecule has 0 saturated carbocycles. The summed E-state index contributed by atoms with van der Waals surface area (Å²) in [6.07, 6.45) is 0. The van der Waals surface area contributed by atoms with Crippen LogP contribution in [0.4, 0.5) is 17.6 Å². The van der Waals surface area contributed by atoms with Crippen LogP contribution in [0.1, 0.15) is 0 Å². The van der Waals surface area contributed by atoms with Gasteiger partial charge in [-0.1, -0.05) is 22.0 Å². The van der Waals surface area contributed by atoms with E-state index in [1.165, 1.54) is 6.07 Å². The van der Waals surface area contributed by atoms with Gasteiger partial charge in [0.2, 0.25) is 0 Å². The Balaban J connectivity index is 0.000000191. The highest BCUT2D eigenvalue weighted by molar-refractivity contribution is 9.10. The second-order valence-corrected chi connectivity index (χ2v) is 4.20. The molecule has 0 aliphatic carbocycles. The van der Waals surface area contributed by atoms with Gasteiger partial charge in [-0.2, -0.15) is 0 Å². The molecule has 0 spiro atoms. The first-order valence-corrected chi connectivity index (χ1v) is 5.58. The molecule has 102 valence electrons. The molecular weight excluding hydrogens is 332 g/mol. The average molecular weight is 339 g/mol. The van der Waals surface area contributed by atoms with E-state index < -0.39 is 34.8 Å². The summed E-state index contributed by atoms with van der Waals surface area (Å²) in [5.41, 5.74) is 0. The fourth-order valence-corrected chi connectivity index (χ4v) is 1.43. The van der Waals surface area contributed by atoms with Crippen molar-refractivity contribution in [2.75, 3.05) is 0 Å². The second kappa shape index (κ2) is 6.42. The molecule has 2 rings (SSSR count). The van der Waals surface area contributed by atoms with Gasteiger partial charge in [-0.05, 0) is 24.3 Å². The summed E-state index contributed by atoms with van der Waals surface area (Å²) < 4.78 is 49.1. The zero-order valence-corrected chi connectivity index (χ0v) is 10.8. The first-order valence-electron chi connectivity index (χ1n) is 4.79. The van der Waals surface area contributed by atoms with Crippen LogP contribution in [0.25, 0.3) is 0 Å². The highest BCUT2D eigenvalue weighted by Gasteiger charge is 2.07. The minimum Gasteiger partial charge on any atom is -0.503 e. The number of phenolic OH excluding ortho intramolecular Hbond substituents is 2. The van der Waals surface area contributed by atoms with E-state index in [2.05, 4.69) is 15.9 Å². The third kappa shape index (κ3) is 4.13. The lowest BCUT2D eigenvalue weighted by Gasteiger charge is -1.96. The van der Waals surface area contributed by atoms with Crippen LogP contribution in [0.2, 0.25) is 0 Å². The Bertz CT molecular complexity index is 547. The van der Waals surface area contributed by atoms with E-state index in [1.807, 2.05) is 0 Å². The summed E-state index contributed by atoms with van der Waals surface area (Å²) in [5, 5.41) is 17.0. The van der Waals surface area contributed by atoms with Gasteiger partial charge in [0.15, 0.2) is 34.8 Å². The summed E-state index contributed by atoms with van der Waals surface area (Å²) in [5.74, 6) is -5.66. The Morgan fingerprint density at radius 3 is 1.47 bits per heavy atom. The van der Waals surface area contributed by atoms with Crippen LogP contribution in [-0.2, 0) is 0 Å². The lowest BCUT2D eigenvalue weighted by Crippen LogP contribution is -1.81. The van der Waals surface area contributed by atoms with Crippen molar-refractivity contribution in [2.45, 2.75) is 0 Å². The van der Waals surface area contributed by atoms with Gasteiger partial charge in [0, 0.05) is 4.47 Å². The van der Waals surface area contributed by atoms with E-state index in [1.54, 1.807) is 0 Å². The molecule has 0 unspecified atom stereocenters. The first kappa shape index (κ1) is 15.3. The molecule has 0 amide bonds. The zero-order valence-electron chi connectivity index (χ0n) is 9.17. The largest absolute Gasteiger partial charge is 0.503 e. The number of hydrogen-bond acceptors (Lipinski definition) is 2. The second-order valence-electron chi connectivity index (χ2n) is 3.29. The SMILES string of the molecule is Oc1c(F)cc(Br)cc1F.Oc1c(F)cccc1F. The Morgan fingerprint density at radius 1 is 0.737 bits per heavy atom. The van der Waals surface area contributed by atoms with Crippen LogP contribution < -0.4 is 0 Å². The van der Waals surface area contributed by atoms with Gasteiger partial charge in [-0.15, -0.1) is 0 Å². The average Bonchev–Trinajstić information content (AvgIpc) is 2.33. The molecule has 7 heteroatoms. The highest BCUT2D eigenvalue weighted by Crippen LogP contribution is 2.23. The molecule has 0 radical (unpaired) electrons. The molecule has 0 heterocycles. The predicted molar refractivity (Wildman–Crippen MR) is 63.7 cm³/mol. The van der Waals surface area contributed by atoms with Gasteiger partial charge in [0.1, 0.15) is 0 Å². The van der Waals surface area contributed by atoms with Crippen LogP contribution in [0.3, 0.4) is 0 Å². The number of phenols is 2. The lowest BCUT2D eigenvalue weighted by atomic mass is 10.3. The Hall–Kier alpha value is -1.76. The third-order valence-electron chi connectivity index (χ3n) is 1.92. The standard InChI is InChI=1S/C6H3BrF2O.C6H4F2O/c7-3-1-4(8)6(10)5(9)2-3;7-4-2-1-3-5(8)6(4)9/h1-2,10H;1-3,9H. The molecule has 0 aromatic heterocycles. The fourth-order valence-electron chi connectivity index (χ4n) is 1.02. The van der Waals surface area contributed by atoms with Crippen molar-refractivity contribution in [2.24, 2.45) is 0 Å². The van der Waals surface area contributed by atoms with Crippen molar-refractivity contribution in [3.63, 3.8) is 0 Å². The Morgan fingerprint density at radius 2 is 1.11 bits per heavy atom. The predicted octanol–water partition coefficient (Wildman–Crippen LogP) is 4.10. The monoisotopic (exact) mass is 338 g/mol. The van der Waals surface area contributed by atoms with Crippen LogP contribution in [0, 0.1) is 23.3 Å². The summed E-state index contributed by atoms with van der Waals surface area (Å²) in [4.78, 5) is 0. The molecule has 0 bridgehead atoms. The van der Waals surface area contributed by atoms with Crippen molar-refractivity contribution in [3.8, 4) is 11.5 Å². The molecule has 19 heavy (non-hydrogen) atoms. The maximum absolute atomic E-state index is 12.3. The number of para-hydroxylation sites is 1. The van der Waals surface area contributed by atoms with Crippen molar-refractivity contribution in [1.29, 1.82) is 0 Å². The summed E-state index contributed by atoms with van der Waals surface area (Å²) >= 11 is 2.86. The minimum atomic E-state index is -0.966. The van der Waals surface area contributed by atoms with E-state index in [0.29, 0.717) is 0 Å². The van der Waals surface area contributed by atoms with Gasteiger partial charge in [-0.3, -0.25) is 0 Å². The maximum atomic E-state index is 12.3.